The van der Waals surface area contributed by atoms with Crippen molar-refractivity contribution < 1.29 is 0 Å². The Bertz CT molecular complexity index is 549. The van der Waals surface area contributed by atoms with Crippen molar-refractivity contribution in [2.75, 3.05) is 18.0 Å². The van der Waals surface area contributed by atoms with Crippen LogP contribution in [0.1, 0.15) is 13.8 Å². The highest BCUT2D eigenvalue weighted by atomic mass is 32.1. The van der Waals surface area contributed by atoms with Crippen molar-refractivity contribution in [1.82, 2.24) is 19.7 Å². The fourth-order valence-corrected chi connectivity index (χ4v) is 2.78. The molecule has 0 radical (unpaired) electrons. The Morgan fingerprint density at radius 3 is 2.71 bits per heavy atom. The van der Waals surface area contributed by atoms with Crippen molar-refractivity contribution in [2.45, 2.75) is 13.8 Å². The molecule has 2 heterocycles. The van der Waals surface area contributed by atoms with E-state index in [4.69, 9.17) is 12.2 Å². The molecule has 0 fully saturated rings. The molecule has 0 unspecified atom stereocenters. The van der Waals surface area contributed by atoms with Gasteiger partial charge in [0, 0.05) is 20.1 Å². The SMILES string of the molecule is CCN(CC)c1ncc(-c2n[nH]c(=S)n2C)s1. The van der Waals surface area contributed by atoms with Crippen LogP contribution in [0.25, 0.3) is 10.7 Å². The van der Waals surface area contributed by atoms with E-state index in [1.54, 1.807) is 11.3 Å². The lowest BCUT2D eigenvalue weighted by Crippen LogP contribution is -2.21. The first-order valence-corrected chi connectivity index (χ1v) is 6.72. The first kappa shape index (κ1) is 12.3. The second kappa shape index (κ2) is 4.97. The summed E-state index contributed by atoms with van der Waals surface area (Å²) >= 11 is 6.73. The number of H-pyrrole nitrogens is 1. The quantitative estimate of drug-likeness (QED) is 0.866. The molecule has 92 valence electrons. The Labute approximate surface area is 109 Å². The van der Waals surface area contributed by atoms with Gasteiger partial charge in [0.25, 0.3) is 0 Å². The summed E-state index contributed by atoms with van der Waals surface area (Å²) in [7, 11) is 1.90. The number of aromatic nitrogens is 4. The van der Waals surface area contributed by atoms with Gasteiger partial charge in [-0.1, -0.05) is 11.3 Å². The lowest BCUT2D eigenvalue weighted by molar-refractivity contribution is 0.860. The molecule has 17 heavy (non-hydrogen) atoms. The summed E-state index contributed by atoms with van der Waals surface area (Å²) < 4.78 is 2.48. The van der Waals surface area contributed by atoms with Gasteiger partial charge in [-0.3, -0.25) is 5.10 Å². The number of nitrogens with zero attached hydrogens (tertiary/aromatic N) is 4. The topological polar surface area (TPSA) is 49.7 Å². The van der Waals surface area contributed by atoms with Crippen LogP contribution in [0.2, 0.25) is 0 Å². The largest absolute Gasteiger partial charge is 0.349 e. The van der Waals surface area contributed by atoms with E-state index in [2.05, 4.69) is 33.9 Å². The average Bonchev–Trinajstić information content (AvgIpc) is 2.90. The van der Waals surface area contributed by atoms with Crippen LogP contribution in [-0.4, -0.2) is 32.8 Å². The normalized spacial score (nSPS) is 10.8. The van der Waals surface area contributed by atoms with E-state index in [1.807, 2.05) is 17.8 Å². The van der Waals surface area contributed by atoms with Crippen molar-refractivity contribution in [3.05, 3.63) is 11.0 Å². The Morgan fingerprint density at radius 2 is 2.18 bits per heavy atom. The van der Waals surface area contributed by atoms with Crippen LogP contribution in [0.4, 0.5) is 5.13 Å². The van der Waals surface area contributed by atoms with Crippen LogP contribution >= 0.6 is 23.6 Å². The molecule has 2 aromatic rings. The molecule has 0 aliphatic heterocycles. The third-order valence-electron chi connectivity index (χ3n) is 2.63. The van der Waals surface area contributed by atoms with Gasteiger partial charge >= 0.3 is 0 Å². The van der Waals surface area contributed by atoms with Gasteiger partial charge in [0.2, 0.25) is 0 Å². The van der Waals surface area contributed by atoms with Gasteiger partial charge < -0.3 is 9.47 Å². The van der Waals surface area contributed by atoms with E-state index in [9.17, 15) is 0 Å². The molecule has 0 spiro atoms. The van der Waals surface area contributed by atoms with Crippen LogP contribution in [0, 0.1) is 4.77 Å². The first-order chi connectivity index (χ1) is 8.17. The Hall–Kier alpha value is -1.21. The zero-order valence-corrected chi connectivity index (χ0v) is 11.7. The summed E-state index contributed by atoms with van der Waals surface area (Å²) in [6.45, 7) is 6.17. The second-order valence-electron chi connectivity index (χ2n) is 3.59. The molecule has 0 aliphatic carbocycles. The van der Waals surface area contributed by atoms with Gasteiger partial charge in [0.15, 0.2) is 15.7 Å². The third kappa shape index (κ3) is 2.25. The fourth-order valence-electron chi connectivity index (χ4n) is 1.58. The maximum atomic E-state index is 5.10. The Morgan fingerprint density at radius 1 is 1.47 bits per heavy atom. The number of nitrogens with one attached hydrogen (secondary N) is 1. The molecular weight excluding hydrogens is 254 g/mol. The monoisotopic (exact) mass is 269 g/mol. The van der Waals surface area contributed by atoms with Crippen LogP contribution in [0.15, 0.2) is 6.20 Å². The Balaban J connectivity index is 2.36. The summed E-state index contributed by atoms with van der Waals surface area (Å²) in [6, 6.07) is 0. The molecule has 1 N–H and O–H groups in total. The highest BCUT2D eigenvalue weighted by Crippen LogP contribution is 2.29. The average molecular weight is 269 g/mol. The van der Waals surface area contributed by atoms with Gasteiger partial charge in [0.1, 0.15) is 0 Å². The fraction of sp³-hybridized carbons (Fsp3) is 0.500. The molecule has 0 bridgehead atoms. The lowest BCUT2D eigenvalue weighted by Gasteiger charge is -2.16. The predicted octanol–water partition coefficient (Wildman–Crippen LogP) is 2.45. The smallest absolute Gasteiger partial charge is 0.195 e. The van der Waals surface area contributed by atoms with Gasteiger partial charge in [0.05, 0.1) is 11.1 Å². The maximum absolute atomic E-state index is 5.10. The Kier molecular flexibility index (Phi) is 3.58. The zero-order valence-electron chi connectivity index (χ0n) is 10.1. The molecule has 0 saturated carbocycles. The summed E-state index contributed by atoms with van der Waals surface area (Å²) in [5.74, 6) is 0.839. The van der Waals surface area contributed by atoms with Crippen molar-refractivity contribution in [1.29, 1.82) is 0 Å². The van der Waals surface area contributed by atoms with Crippen LogP contribution in [0.3, 0.4) is 0 Å². The number of hydrogen-bond acceptors (Lipinski definition) is 5. The van der Waals surface area contributed by atoms with E-state index in [0.717, 1.165) is 28.9 Å². The van der Waals surface area contributed by atoms with Crippen LogP contribution in [0.5, 0.6) is 0 Å². The predicted molar refractivity (Wildman–Crippen MR) is 73.1 cm³/mol. The van der Waals surface area contributed by atoms with Gasteiger partial charge in [-0.15, -0.1) is 0 Å². The molecule has 2 aromatic heterocycles. The van der Waals surface area contributed by atoms with Gasteiger partial charge in [-0.2, -0.15) is 5.10 Å². The van der Waals surface area contributed by atoms with Gasteiger partial charge in [-0.05, 0) is 26.1 Å². The van der Waals surface area contributed by atoms with Crippen LogP contribution < -0.4 is 4.90 Å². The first-order valence-electron chi connectivity index (χ1n) is 5.49. The zero-order chi connectivity index (χ0) is 12.4. The molecule has 0 amide bonds. The summed E-state index contributed by atoms with van der Waals surface area (Å²) in [5, 5.41) is 8.02. The molecule has 0 atom stereocenters. The molecule has 0 saturated heterocycles. The van der Waals surface area contributed by atoms with E-state index < -0.39 is 0 Å². The number of rotatable bonds is 4. The molecule has 7 heteroatoms. The van der Waals surface area contributed by atoms with E-state index in [0.29, 0.717) is 4.77 Å². The molecule has 0 aromatic carbocycles. The minimum absolute atomic E-state index is 0.623. The molecular formula is C10H15N5S2. The summed E-state index contributed by atoms with van der Waals surface area (Å²) in [6.07, 6.45) is 1.85. The van der Waals surface area contributed by atoms with Crippen molar-refractivity contribution in [3.8, 4) is 10.7 Å². The highest BCUT2D eigenvalue weighted by molar-refractivity contribution is 7.71. The number of hydrogen-bond donors (Lipinski definition) is 1. The highest BCUT2D eigenvalue weighted by Gasteiger charge is 2.12. The second-order valence-corrected chi connectivity index (χ2v) is 4.99. The summed E-state index contributed by atoms with van der Waals surface area (Å²) in [5.41, 5.74) is 0. The van der Waals surface area contributed by atoms with E-state index in [-0.39, 0.29) is 0 Å². The molecule has 5 nitrogen and oxygen atoms in total. The minimum atomic E-state index is 0.623. The molecule has 0 aliphatic rings. The van der Waals surface area contributed by atoms with Crippen molar-refractivity contribution in [3.63, 3.8) is 0 Å². The van der Waals surface area contributed by atoms with Crippen molar-refractivity contribution in [2.24, 2.45) is 7.05 Å². The lowest BCUT2D eigenvalue weighted by atomic mass is 10.5. The molecule has 2 rings (SSSR count). The van der Waals surface area contributed by atoms with E-state index in [1.165, 1.54) is 0 Å². The minimum Gasteiger partial charge on any atom is -0.349 e. The standard InChI is InChI=1S/C10H15N5S2/c1-4-15(5-2)10-11-6-7(17-10)8-12-13-9(16)14(8)3/h6H,4-5H2,1-3H3,(H,13,16). The van der Waals surface area contributed by atoms with Crippen molar-refractivity contribution >= 4 is 28.7 Å². The number of thiazole rings is 1. The summed E-state index contributed by atoms with van der Waals surface area (Å²) in [4.78, 5) is 7.68. The van der Waals surface area contributed by atoms with Gasteiger partial charge in [-0.25, -0.2) is 4.98 Å². The maximum Gasteiger partial charge on any atom is 0.195 e. The number of anilines is 1. The third-order valence-corrected chi connectivity index (χ3v) is 4.05. The van der Waals surface area contributed by atoms with Crippen LogP contribution in [-0.2, 0) is 7.05 Å². The van der Waals surface area contributed by atoms with E-state index >= 15 is 0 Å². The number of aromatic amines is 1.